The van der Waals surface area contributed by atoms with Crippen LogP contribution in [-0.2, 0) is 28.0 Å². The second-order valence-corrected chi connectivity index (χ2v) is 25.2. The first-order chi connectivity index (χ1) is 25.2. The van der Waals surface area contributed by atoms with Crippen LogP contribution in [0.2, 0.25) is 39.3 Å². The third kappa shape index (κ3) is 8.64. The SMILES string of the molecule is COc1ccc(C(OC[C@H]2O[C@@H](n3cnc4c(N)ncnc43)[C@H](O)[C@@H]2OP(O[Si](C)(C)C)O[Si](C)(C)C)(c2ccccc2)c2ccc(OC)cc2)cc1. The third-order valence-corrected chi connectivity index (χ3v) is 14.5. The van der Waals surface area contributed by atoms with Gasteiger partial charge >= 0.3 is 8.60 Å². The van der Waals surface area contributed by atoms with Crippen molar-refractivity contribution in [3.8, 4) is 11.5 Å². The van der Waals surface area contributed by atoms with Crippen LogP contribution in [-0.4, -0.2) is 80.4 Å². The van der Waals surface area contributed by atoms with E-state index in [0.29, 0.717) is 22.7 Å². The minimum absolute atomic E-state index is 0.0159. The molecular weight excluding hydrogens is 730 g/mol. The Hall–Kier alpha value is -3.77. The second kappa shape index (κ2) is 15.9. The lowest BCUT2D eigenvalue weighted by atomic mass is 9.80. The molecule has 1 fully saturated rings. The molecule has 282 valence electrons. The van der Waals surface area contributed by atoms with Crippen LogP contribution in [0.4, 0.5) is 5.82 Å². The number of aromatic nitrogens is 4. The first kappa shape index (κ1) is 38.9. The number of aliphatic hydroxyl groups is 1. The summed E-state index contributed by atoms with van der Waals surface area (Å²) in [6.07, 6.45) is -1.02. The Kier molecular flexibility index (Phi) is 11.7. The van der Waals surface area contributed by atoms with Crippen LogP contribution in [0.5, 0.6) is 11.5 Å². The van der Waals surface area contributed by atoms with Crippen LogP contribution in [0.3, 0.4) is 0 Å². The molecule has 0 amide bonds. The van der Waals surface area contributed by atoms with Crippen molar-refractivity contribution < 1.29 is 37.0 Å². The third-order valence-electron chi connectivity index (χ3n) is 8.51. The van der Waals surface area contributed by atoms with Crippen molar-refractivity contribution in [2.45, 2.75) is 69.4 Å². The molecule has 5 aromatic rings. The Morgan fingerprint density at radius 3 is 1.87 bits per heavy atom. The van der Waals surface area contributed by atoms with E-state index in [4.69, 9.17) is 37.6 Å². The fourth-order valence-electron chi connectivity index (χ4n) is 6.16. The Morgan fingerprint density at radius 2 is 1.34 bits per heavy atom. The van der Waals surface area contributed by atoms with Gasteiger partial charge in [0.15, 0.2) is 34.3 Å². The van der Waals surface area contributed by atoms with E-state index in [0.717, 1.165) is 16.7 Å². The molecule has 0 aliphatic carbocycles. The predicted octanol–water partition coefficient (Wildman–Crippen LogP) is 7.01. The van der Waals surface area contributed by atoms with E-state index in [1.54, 1.807) is 18.8 Å². The number of nitrogens with two attached hydrogens (primary N) is 1. The molecule has 53 heavy (non-hydrogen) atoms. The van der Waals surface area contributed by atoms with E-state index in [-0.39, 0.29) is 12.4 Å². The number of methoxy groups -OCH3 is 2. The normalized spacial score (nSPS) is 19.6. The number of hydrogen-bond donors (Lipinski definition) is 2. The first-order valence-corrected chi connectivity index (χ1v) is 25.2. The van der Waals surface area contributed by atoms with E-state index in [1.807, 2.05) is 78.9 Å². The number of imidazole rings is 1. The lowest BCUT2D eigenvalue weighted by Crippen LogP contribution is -2.41. The van der Waals surface area contributed by atoms with Gasteiger partial charge in [0.05, 0.1) is 27.2 Å². The van der Waals surface area contributed by atoms with Crippen LogP contribution >= 0.6 is 8.60 Å². The van der Waals surface area contributed by atoms with Gasteiger partial charge in [0.25, 0.3) is 0 Å². The number of aliphatic hydroxyl groups excluding tert-OH is 1. The summed E-state index contributed by atoms with van der Waals surface area (Å²) in [5.41, 5.74) is 8.36. The summed E-state index contributed by atoms with van der Waals surface area (Å²) in [6, 6.07) is 25.6. The highest BCUT2D eigenvalue weighted by molar-refractivity contribution is 7.45. The van der Waals surface area contributed by atoms with Crippen molar-refractivity contribution in [2.24, 2.45) is 0 Å². The van der Waals surface area contributed by atoms with Crippen molar-refractivity contribution in [3.63, 3.8) is 0 Å². The first-order valence-electron chi connectivity index (χ1n) is 17.3. The molecule has 0 bridgehead atoms. The minimum Gasteiger partial charge on any atom is -0.497 e. The lowest BCUT2D eigenvalue weighted by Gasteiger charge is -2.37. The lowest BCUT2D eigenvalue weighted by molar-refractivity contribution is -0.0925. The Labute approximate surface area is 313 Å². The molecule has 6 rings (SSSR count). The van der Waals surface area contributed by atoms with E-state index < -0.39 is 55.4 Å². The zero-order valence-corrected chi connectivity index (χ0v) is 34.2. The Balaban J connectivity index is 1.45. The van der Waals surface area contributed by atoms with Crippen LogP contribution in [0.25, 0.3) is 11.2 Å². The van der Waals surface area contributed by atoms with E-state index in [9.17, 15) is 5.11 Å². The molecule has 1 aliphatic rings. The summed E-state index contributed by atoms with van der Waals surface area (Å²) in [6.45, 7) is 12.4. The molecule has 0 radical (unpaired) electrons. The maximum Gasteiger partial charge on any atom is 0.311 e. The van der Waals surface area contributed by atoms with Crippen LogP contribution < -0.4 is 15.2 Å². The average Bonchev–Trinajstić information content (AvgIpc) is 3.69. The van der Waals surface area contributed by atoms with Crippen molar-refractivity contribution in [3.05, 3.63) is 108 Å². The quantitative estimate of drug-likeness (QED) is 0.0639. The number of nitrogen functional groups attached to an aromatic ring is 1. The molecule has 3 heterocycles. The monoisotopic (exact) mass is 777 g/mol. The predicted molar refractivity (Wildman–Crippen MR) is 209 cm³/mol. The molecule has 1 aliphatic heterocycles. The summed E-state index contributed by atoms with van der Waals surface area (Å²) < 4.78 is 46.3. The van der Waals surface area contributed by atoms with Crippen molar-refractivity contribution in [2.75, 3.05) is 26.6 Å². The summed E-state index contributed by atoms with van der Waals surface area (Å²) in [5.74, 6) is 1.63. The smallest absolute Gasteiger partial charge is 0.311 e. The largest absolute Gasteiger partial charge is 0.497 e. The number of rotatable bonds is 15. The minimum atomic E-state index is -2.16. The van der Waals surface area contributed by atoms with E-state index in [2.05, 4.69) is 54.2 Å². The van der Waals surface area contributed by atoms with E-state index >= 15 is 0 Å². The van der Waals surface area contributed by atoms with Gasteiger partial charge in [-0.25, -0.2) is 15.0 Å². The van der Waals surface area contributed by atoms with Gasteiger partial charge in [0.1, 0.15) is 47.3 Å². The van der Waals surface area contributed by atoms with Crippen molar-refractivity contribution in [1.29, 1.82) is 0 Å². The van der Waals surface area contributed by atoms with Gasteiger partial charge in [0, 0.05) is 0 Å². The van der Waals surface area contributed by atoms with Crippen LogP contribution in [0, 0.1) is 0 Å². The second-order valence-electron chi connectivity index (χ2n) is 14.7. The topological polar surface area (TPSA) is 154 Å². The van der Waals surface area contributed by atoms with Crippen molar-refractivity contribution in [1.82, 2.24) is 19.5 Å². The maximum atomic E-state index is 12.1. The molecule has 0 saturated carbocycles. The van der Waals surface area contributed by atoms with Crippen LogP contribution in [0.1, 0.15) is 22.9 Å². The number of anilines is 1. The van der Waals surface area contributed by atoms with E-state index in [1.165, 1.54) is 12.7 Å². The molecule has 2 aromatic heterocycles. The standard InChI is InChI=1S/C37H48N5O8PSi2/c1-44-28-18-14-26(15-19-28)37(25-12-10-9-11-13-25,27-16-20-29(45-2)21-17-27)46-22-30-33(48-51(49-52(3,4)5)50-53(6,7)8)32(43)36(47-30)42-24-41-31-34(38)39-23-40-35(31)42/h9-21,23-24,30,32-33,36,43H,22H2,1-8H3,(H2,38,39,40)/t30-,32-,33-,36-/m1/s1. The van der Waals surface area contributed by atoms with Crippen LogP contribution in [0.15, 0.2) is 91.5 Å². The van der Waals surface area contributed by atoms with Gasteiger partial charge in [-0.15, -0.1) is 0 Å². The summed E-state index contributed by atoms with van der Waals surface area (Å²) >= 11 is 0. The number of benzene rings is 3. The van der Waals surface area contributed by atoms with Gasteiger partial charge in [-0.2, -0.15) is 0 Å². The Bertz CT molecular complexity index is 1900. The average molecular weight is 778 g/mol. The molecule has 13 nitrogen and oxygen atoms in total. The molecule has 3 aromatic carbocycles. The van der Waals surface area contributed by atoms with Gasteiger partial charge in [-0.1, -0.05) is 54.6 Å². The number of hydrogen-bond acceptors (Lipinski definition) is 12. The fraction of sp³-hybridized carbons (Fsp3) is 0.378. The molecule has 3 N–H and O–H groups in total. The molecule has 1 saturated heterocycles. The fourth-order valence-corrected chi connectivity index (χ4v) is 11.0. The summed E-state index contributed by atoms with van der Waals surface area (Å²) in [7, 11) is -2.93. The molecule has 16 heteroatoms. The molecular formula is C37H48N5O8PSi2. The maximum absolute atomic E-state index is 12.1. The van der Waals surface area contributed by atoms with Crippen molar-refractivity contribution >= 4 is 42.2 Å². The zero-order chi connectivity index (χ0) is 38.0. The molecule has 0 unspecified atom stereocenters. The van der Waals surface area contributed by atoms with Gasteiger partial charge < -0.3 is 42.7 Å². The molecule has 0 spiro atoms. The van der Waals surface area contributed by atoms with Gasteiger partial charge in [-0.3, -0.25) is 4.57 Å². The zero-order valence-electron chi connectivity index (χ0n) is 31.3. The highest BCUT2D eigenvalue weighted by atomic mass is 31.2. The van der Waals surface area contributed by atoms with Gasteiger partial charge in [0.2, 0.25) is 0 Å². The highest BCUT2D eigenvalue weighted by Crippen LogP contribution is 2.50. The summed E-state index contributed by atoms with van der Waals surface area (Å²) in [5, 5.41) is 12.1. The number of ether oxygens (including phenoxy) is 4. The number of fused-ring (bicyclic) bond motifs is 1. The highest BCUT2D eigenvalue weighted by Gasteiger charge is 2.50. The number of nitrogens with zero attached hydrogens (tertiary/aromatic N) is 4. The Morgan fingerprint density at radius 1 is 0.792 bits per heavy atom. The molecule has 4 atom stereocenters. The van der Waals surface area contributed by atoms with Gasteiger partial charge in [-0.05, 0) is 80.2 Å². The summed E-state index contributed by atoms with van der Waals surface area (Å²) in [4.78, 5) is 12.9.